The summed E-state index contributed by atoms with van der Waals surface area (Å²) in [5.74, 6) is -0.515. The highest BCUT2D eigenvalue weighted by molar-refractivity contribution is 5.39. The van der Waals surface area contributed by atoms with Crippen LogP contribution in [0, 0.1) is 17.1 Å². The number of halogens is 1. The van der Waals surface area contributed by atoms with E-state index >= 15 is 0 Å². The Morgan fingerprint density at radius 1 is 1.42 bits per heavy atom. The van der Waals surface area contributed by atoms with Gasteiger partial charge < -0.3 is 10.6 Å². The molecular formula is C17H18FN5O. The van der Waals surface area contributed by atoms with Crippen LogP contribution in [-0.2, 0) is 6.54 Å². The van der Waals surface area contributed by atoms with E-state index in [0.29, 0.717) is 30.2 Å². The molecule has 6 nitrogen and oxygen atoms in total. The number of nitriles is 1. The number of anilines is 1. The molecule has 0 saturated carbocycles. The number of hydrogen-bond acceptors (Lipinski definition) is 5. The quantitative estimate of drug-likeness (QED) is 0.916. The Bertz CT molecular complexity index is 842. The molecule has 0 unspecified atom stereocenters. The van der Waals surface area contributed by atoms with Gasteiger partial charge in [-0.05, 0) is 24.5 Å². The average molecular weight is 327 g/mol. The molecule has 1 aliphatic rings. The van der Waals surface area contributed by atoms with Gasteiger partial charge in [-0.25, -0.2) is 4.98 Å². The first-order valence-corrected chi connectivity index (χ1v) is 7.84. The predicted molar refractivity (Wildman–Crippen MR) is 88.1 cm³/mol. The van der Waals surface area contributed by atoms with Crippen LogP contribution in [-0.4, -0.2) is 28.7 Å². The summed E-state index contributed by atoms with van der Waals surface area (Å²) in [6.07, 6.45) is 2.76. The van der Waals surface area contributed by atoms with E-state index in [0.717, 1.165) is 19.0 Å². The summed E-state index contributed by atoms with van der Waals surface area (Å²) >= 11 is 0. The zero-order valence-corrected chi connectivity index (χ0v) is 13.2. The molecule has 3 rings (SSSR count). The first kappa shape index (κ1) is 16.1. The Kier molecular flexibility index (Phi) is 4.58. The molecule has 0 bridgehead atoms. The maximum atomic E-state index is 13.8. The standard InChI is InChI=1S/C17H18FN5O/c18-15-9-21-17(22-7-3-6-14(20)11-22)23(16(15)24)10-13-5-2-1-4-12(13)8-19/h1-2,4-5,9,14H,3,6-7,10-11,20H2/t14-/m1/s1. The summed E-state index contributed by atoms with van der Waals surface area (Å²) in [4.78, 5) is 18.4. The molecule has 1 aromatic heterocycles. The molecule has 1 aromatic carbocycles. The van der Waals surface area contributed by atoms with E-state index in [2.05, 4.69) is 11.1 Å². The van der Waals surface area contributed by atoms with Crippen LogP contribution < -0.4 is 16.2 Å². The Morgan fingerprint density at radius 3 is 2.96 bits per heavy atom. The summed E-state index contributed by atoms with van der Waals surface area (Å²) in [6.45, 7) is 1.37. The van der Waals surface area contributed by atoms with Gasteiger partial charge in [-0.1, -0.05) is 18.2 Å². The summed E-state index contributed by atoms with van der Waals surface area (Å²) < 4.78 is 15.1. The normalized spacial score (nSPS) is 17.5. The second-order valence-corrected chi connectivity index (χ2v) is 5.91. The van der Waals surface area contributed by atoms with Crippen LogP contribution in [0.5, 0.6) is 0 Å². The highest BCUT2D eigenvalue weighted by Crippen LogP contribution is 2.18. The van der Waals surface area contributed by atoms with Crippen molar-refractivity contribution >= 4 is 5.95 Å². The monoisotopic (exact) mass is 327 g/mol. The van der Waals surface area contributed by atoms with Crippen LogP contribution in [0.25, 0.3) is 0 Å². The maximum absolute atomic E-state index is 13.8. The van der Waals surface area contributed by atoms with Crippen LogP contribution in [0.2, 0.25) is 0 Å². The number of nitrogens with two attached hydrogens (primary N) is 1. The smallest absolute Gasteiger partial charge is 0.291 e. The van der Waals surface area contributed by atoms with Gasteiger partial charge in [-0.15, -0.1) is 0 Å². The topological polar surface area (TPSA) is 87.9 Å². The number of benzene rings is 1. The molecule has 124 valence electrons. The summed E-state index contributed by atoms with van der Waals surface area (Å²) in [5.41, 5.74) is 6.36. The molecular weight excluding hydrogens is 309 g/mol. The van der Waals surface area contributed by atoms with Crippen LogP contribution >= 0.6 is 0 Å². The fourth-order valence-electron chi connectivity index (χ4n) is 2.98. The number of piperidine rings is 1. The minimum atomic E-state index is -0.908. The SMILES string of the molecule is N#Cc1ccccc1Cn1c(N2CCC[C@@H](N)C2)ncc(F)c1=O. The maximum Gasteiger partial charge on any atom is 0.291 e. The second kappa shape index (κ2) is 6.81. The number of rotatable bonds is 3. The van der Waals surface area contributed by atoms with Gasteiger partial charge in [-0.3, -0.25) is 9.36 Å². The van der Waals surface area contributed by atoms with Crippen molar-refractivity contribution in [3.8, 4) is 6.07 Å². The molecule has 24 heavy (non-hydrogen) atoms. The molecule has 2 heterocycles. The molecule has 1 aliphatic heterocycles. The molecule has 0 aliphatic carbocycles. The lowest BCUT2D eigenvalue weighted by molar-refractivity contribution is 0.484. The van der Waals surface area contributed by atoms with Crippen molar-refractivity contribution in [1.29, 1.82) is 5.26 Å². The van der Waals surface area contributed by atoms with Crippen molar-refractivity contribution in [3.63, 3.8) is 0 Å². The van der Waals surface area contributed by atoms with Crippen LogP contribution in [0.15, 0.2) is 35.3 Å². The fourth-order valence-corrected chi connectivity index (χ4v) is 2.98. The molecule has 0 spiro atoms. The van der Waals surface area contributed by atoms with E-state index in [9.17, 15) is 14.4 Å². The minimum absolute atomic E-state index is 0.000509. The van der Waals surface area contributed by atoms with E-state index < -0.39 is 11.4 Å². The first-order valence-electron chi connectivity index (χ1n) is 7.84. The third kappa shape index (κ3) is 3.14. The van der Waals surface area contributed by atoms with E-state index in [4.69, 9.17) is 5.73 Å². The minimum Gasteiger partial charge on any atom is -0.341 e. The number of nitrogens with zero attached hydrogens (tertiary/aromatic N) is 4. The van der Waals surface area contributed by atoms with Crippen molar-refractivity contribution in [1.82, 2.24) is 9.55 Å². The zero-order chi connectivity index (χ0) is 17.1. The molecule has 0 radical (unpaired) electrons. The second-order valence-electron chi connectivity index (χ2n) is 5.91. The lowest BCUT2D eigenvalue weighted by Gasteiger charge is -2.32. The molecule has 1 fully saturated rings. The zero-order valence-electron chi connectivity index (χ0n) is 13.2. The first-order chi connectivity index (χ1) is 11.6. The molecule has 1 atom stereocenters. The van der Waals surface area contributed by atoms with Gasteiger partial charge in [0.05, 0.1) is 24.4 Å². The van der Waals surface area contributed by atoms with Crippen molar-refractivity contribution in [2.75, 3.05) is 18.0 Å². The number of hydrogen-bond donors (Lipinski definition) is 1. The van der Waals surface area contributed by atoms with Crippen LogP contribution in [0.4, 0.5) is 10.3 Å². The molecule has 1 saturated heterocycles. The van der Waals surface area contributed by atoms with Gasteiger partial charge in [0.15, 0.2) is 0 Å². The summed E-state index contributed by atoms with van der Waals surface area (Å²) in [6, 6.07) is 9.05. The van der Waals surface area contributed by atoms with E-state index in [1.807, 2.05) is 4.90 Å². The van der Waals surface area contributed by atoms with E-state index in [1.54, 1.807) is 24.3 Å². The summed E-state index contributed by atoms with van der Waals surface area (Å²) in [5, 5.41) is 9.22. The van der Waals surface area contributed by atoms with Gasteiger partial charge >= 0.3 is 0 Å². The highest BCUT2D eigenvalue weighted by atomic mass is 19.1. The Morgan fingerprint density at radius 2 is 2.21 bits per heavy atom. The lowest BCUT2D eigenvalue weighted by Crippen LogP contribution is -2.45. The van der Waals surface area contributed by atoms with Crippen molar-refractivity contribution in [2.24, 2.45) is 5.73 Å². The van der Waals surface area contributed by atoms with Gasteiger partial charge in [0.2, 0.25) is 11.8 Å². The van der Waals surface area contributed by atoms with Gasteiger partial charge in [0, 0.05) is 19.1 Å². The van der Waals surface area contributed by atoms with E-state index in [-0.39, 0.29) is 12.6 Å². The third-order valence-electron chi connectivity index (χ3n) is 4.19. The van der Waals surface area contributed by atoms with Gasteiger partial charge in [0.1, 0.15) is 0 Å². The average Bonchev–Trinajstić information content (AvgIpc) is 2.59. The third-order valence-corrected chi connectivity index (χ3v) is 4.19. The lowest BCUT2D eigenvalue weighted by atomic mass is 10.1. The Labute approximate surface area is 139 Å². The Hall–Kier alpha value is -2.72. The van der Waals surface area contributed by atoms with Crippen molar-refractivity contribution in [2.45, 2.75) is 25.4 Å². The van der Waals surface area contributed by atoms with Crippen molar-refractivity contribution < 1.29 is 4.39 Å². The highest BCUT2D eigenvalue weighted by Gasteiger charge is 2.22. The van der Waals surface area contributed by atoms with Gasteiger partial charge in [-0.2, -0.15) is 9.65 Å². The predicted octanol–water partition coefficient (Wildman–Crippen LogP) is 1.23. The number of aromatic nitrogens is 2. The fraction of sp³-hybridized carbons (Fsp3) is 0.353. The molecule has 0 amide bonds. The van der Waals surface area contributed by atoms with Crippen LogP contribution in [0.3, 0.4) is 0 Å². The van der Waals surface area contributed by atoms with Crippen LogP contribution in [0.1, 0.15) is 24.0 Å². The largest absolute Gasteiger partial charge is 0.341 e. The van der Waals surface area contributed by atoms with E-state index in [1.165, 1.54) is 4.57 Å². The Balaban J connectivity index is 2.04. The van der Waals surface area contributed by atoms with Gasteiger partial charge in [0.25, 0.3) is 5.56 Å². The van der Waals surface area contributed by atoms with Crippen molar-refractivity contribution in [3.05, 3.63) is 57.8 Å². The molecule has 7 heteroatoms. The molecule has 2 aromatic rings. The summed E-state index contributed by atoms with van der Waals surface area (Å²) in [7, 11) is 0. The molecule has 2 N–H and O–H groups in total.